The fourth-order valence-corrected chi connectivity index (χ4v) is 16.9. The Balaban J connectivity index is 0.000000208. The van der Waals surface area contributed by atoms with Crippen LogP contribution in [-0.4, -0.2) is 197 Å². The number of piperidine rings is 2. The van der Waals surface area contributed by atoms with Gasteiger partial charge in [0.05, 0.1) is 47.8 Å². The van der Waals surface area contributed by atoms with E-state index in [1.807, 2.05) is 91.5 Å². The molecule has 7 amide bonds. The molecule has 4 aromatic carbocycles. The van der Waals surface area contributed by atoms with E-state index in [4.69, 9.17) is 37.9 Å². The van der Waals surface area contributed by atoms with Crippen LogP contribution >= 0.6 is 0 Å². The van der Waals surface area contributed by atoms with Gasteiger partial charge in [-0.15, -0.1) is 0 Å². The maximum Gasteiger partial charge on any atom is 0.416 e. The van der Waals surface area contributed by atoms with E-state index in [1.165, 1.54) is 22.0 Å². The molecule has 11 heterocycles. The average Bonchev–Trinajstić information content (AvgIpc) is 1.59. The number of nitrogens with one attached hydrogen (secondary N) is 3. The minimum atomic E-state index is -1.01. The van der Waals surface area contributed by atoms with Crippen LogP contribution < -0.4 is 35.2 Å². The summed E-state index contributed by atoms with van der Waals surface area (Å²) in [5.41, 5.74) is 8.87. The van der Waals surface area contributed by atoms with E-state index >= 15 is 0 Å². The highest BCUT2D eigenvalue weighted by atomic mass is 16.7. The summed E-state index contributed by atoms with van der Waals surface area (Å²) in [6, 6.07) is 27.7. The first-order valence-corrected chi connectivity index (χ1v) is 43.4. The maximum atomic E-state index is 14.2. The number of carbonyl (C=O) groups excluding carboxylic acids is 9. The van der Waals surface area contributed by atoms with Gasteiger partial charge in [0.25, 0.3) is 17.7 Å². The number of Topliss-reactive ketones (excluding diaryl/α,β-unsaturated/α-hetero) is 2. The van der Waals surface area contributed by atoms with E-state index < -0.39 is 55.3 Å². The minimum absolute atomic E-state index is 0.0296. The van der Waals surface area contributed by atoms with Crippen molar-refractivity contribution in [3.63, 3.8) is 0 Å². The molecule has 9 aromatic rings. The van der Waals surface area contributed by atoms with E-state index in [9.17, 15) is 53.1 Å². The number of anilines is 5. The maximum absolute atomic E-state index is 14.2. The molecule has 4 N–H and O–H groups in total. The number of aryl methyl sites for hydroxylation is 6. The van der Waals surface area contributed by atoms with Crippen molar-refractivity contribution in [2.45, 2.75) is 167 Å². The lowest BCUT2D eigenvalue weighted by Gasteiger charge is -2.42. The zero-order chi connectivity index (χ0) is 90.2. The first-order chi connectivity index (χ1) is 61.9. The van der Waals surface area contributed by atoms with Crippen LogP contribution in [0.2, 0.25) is 0 Å². The van der Waals surface area contributed by atoms with Crippen LogP contribution in [0.25, 0.3) is 22.3 Å². The zero-order valence-corrected chi connectivity index (χ0v) is 72.8. The number of pyridine rings is 1. The Bertz CT molecular complexity index is 5590. The topological polar surface area (TPSA) is 372 Å². The molecular formula is C95H108N14O19. The van der Waals surface area contributed by atoms with E-state index in [2.05, 4.69) is 44.1 Å². The Hall–Kier alpha value is -13.4. The summed E-state index contributed by atoms with van der Waals surface area (Å²) < 4.78 is 55.2. The molecule has 33 nitrogen and oxygen atoms in total. The van der Waals surface area contributed by atoms with Gasteiger partial charge in [0, 0.05) is 146 Å². The fraction of sp³-hybridized carbons (Fsp3) is 0.400. The first-order valence-electron chi connectivity index (χ1n) is 43.4. The summed E-state index contributed by atoms with van der Waals surface area (Å²) in [7, 11) is 6.86. The number of imidazole rings is 2. The molecule has 33 heteroatoms. The molecule has 0 spiro atoms. The highest BCUT2D eigenvalue weighted by Gasteiger charge is 2.49. The summed E-state index contributed by atoms with van der Waals surface area (Å²) in [5.74, 6) is -0.959. The lowest BCUT2D eigenvalue weighted by molar-refractivity contribution is -0.199. The van der Waals surface area contributed by atoms with E-state index in [0.29, 0.717) is 121 Å². The fourth-order valence-electron chi connectivity index (χ4n) is 16.9. The number of fused-ring (bicyclic) bond motifs is 4. The molecule has 4 fully saturated rings. The number of carboxylic acids is 1. The van der Waals surface area contributed by atoms with Crippen molar-refractivity contribution in [3.05, 3.63) is 216 Å². The summed E-state index contributed by atoms with van der Waals surface area (Å²) >= 11 is 0. The second-order valence-electron chi connectivity index (χ2n) is 32.7. The Morgan fingerprint density at radius 3 is 1.35 bits per heavy atom. The molecule has 5 aromatic heterocycles. The molecule has 6 aliphatic heterocycles. The largest absolute Gasteiger partial charge is 0.493 e. The van der Waals surface area contributed by atoms with Gasteiger partial charge in [0.2, 0.25) is 23.4 Å². The van der Waals surface area contributed by atoms with Gasteiger partial charge in [-0.1, -0.05) is 73.8 Å². The number of amides is 7. The monoisotopic (exact) mass is 1750 g/mol. The number of carbonyl (C=O) groups is 10. The van der Waals surface area contributed by atoms with Crippen molar-refractivity contribution < 1.29 is 90.9 Å². The quantitative estimate of drug-likeness (QED) is 0.0178. The summed E-state index contributed by atoms with van der Waals surface area (Å²) in [6.45, 7) is 13.5. The number of benzene rings is 4. The number of nitrogens with zero attached hydrogens (tertiary/aromatic N) is 11. The summed E-state index contributed by atoms with van der Waals surface area (Å²) in [4.78, 5) is 153. The molecule has 4 saturated heterocycles. The standard InChI is InChI=1S/C50H56N8O9.C45H52N6O10/c1-5-23-66-50(63)58-39-29-42(32(2)26-37(39)48(62)57-22-8-6-11-38(57)49(58)67-45-13-7-9-24-65-45)64-25-10-12-44(60)53-43-31-56(4)46(54-43)41(59)27-33-14-16-34(17-15-33)35-28-40(55(3)30-35)47(61)52-36-18-20-51-21-19-36;1-5-19-60-45(57)51-34-25-37(28(2)22-32(34)42(54)50-18-8-6-11-33(50)43(51)61-40-13-7-9-20-59-40)58-21-10-12-39(53)46-38-27-49(4)41(47-38)36(52)23-29-14-16-30(17-15-29)31-24-35(44(55)56)48(3)26-31/h5,14-21,26,28-31,38,45,49H,1,6-13,22-25,27H2,2-4H3,(H,53,60)(H,51,52,61);5,14-17,22,24-27,33,40,43H,1,6-13,18-21,23H2,2-4H3,(H,46,53)(H,55,56)/t38-,45?,49?;33-,40?,43?/m00/s1. The number of ketones is 2. The third-order valence-electron chi connectivity index (χ3n) is 23.4. The van der Waals surface area contributed by atoms with Crippen LogP contribution in [0.3, 0.4) is 0 Å². The van der Waals surface area contributed by atoms with E-state index in [0.717, 1.165) is 84.7 Å². The number of rotatable bonds is 31. The minimum Gasteiger partial charge on any atom is -0.493 e. The first kappa shape index (κ1) is 90.9. The van der Waals surface area contributed by atoms with Crippen molar-refractivity contribution in [2.24, 2.45) is 28.2 Å². The van der Waals surface area contributed by atoms with Gasteiger partial charge in [-0.2, -0.15) is 0 Å². The lowest BCUT2D eigenvalue weighted by atomic mass is 10.00. The normalized spacial score (nSPS) is 18.4. The summed E-state index contributed by atoms with van der Waals surface area (Å²) in [5, 5.41) is 17.8. The van der Waals surface area contributed by atoms with Crippen LogP contribution in [-0.2, 0) is 79.0 Å². The third-order valence-corrected chi connectivity index (χ3v) is 23.4. The van der Waals surface area contributed by atoms with Gasteiger partial charge in [-0.25, -0.2) is 34.2 Å². The molecule has 15 rings (SSSR count). The third kappa shape index (κ3) is 21.6. The molecule has 6 aliphatic rings. The highest BCUT2D eigenvalue weighted by molar-refractivity contribution is 6.08. The lowest BCUT2D eigenvalue weighted by Crippen LogP contribution is -2.57. The van der Waals surface area contributed by atoms with Crippen molar-refractivity contribution in [2.75, 3.05) is 78.5 Å². The smallest absolute Gasteiger partial charge is 0.416 e. The number of hydrogen-bond donors (Lipinski definition) is 4. The van der Waals surface area contributed by atoms with Gasteiger partial charge in [0.1, 0.15) is 36.1 Å². The summed E-state index contributed by atoms with van der Waals surface area (Å²) in [6.07, 6.45) is 19.6. The van der Waals surface area contributed by atoms with Gasteiger partial charge >= 0.3 is 18.2 Å². The molecule has 4 unspecified atom stereocenters. The predicted molar refractivity (Wildman–Crippen MR) is 475 cm³/mol. The average molecular weight is 1750 g/mol. The Labute approximate surface area is 741 Å². The van der Waals surface area contributed by atoms with Crippen LogP contribution in [0.4, 0.5) is 38.3 Å². The molecule has 0 aliphatic carbocycles. The molecule has 0 bridgehead atoms. The Morgan fingerprint density at radius 1 is 0.508 bits per heavy atom. The molecule has 6 atom stereocenters. The highest BCUT2D eigenvalue weighted by Crippen LogP contribution is 2.43. The predicted octanol–water partition coefficient (Wildman–Crippen LogP) is 14.3. The Morgan fingerprint density at radius 2 is 0.938 bits per heavy atom. The number of ether oxygens (including phenoxy) is 8. The van der Waals surface area contributed by atoms with Gasteiger partial charge in [0.15, 0.2) is 48.3 Å². The molecular weight excluding hydrogens is 1640 g/mol. The number of hydrogen-bond acceptors (Lipinski definition) is 21. The molecule has 672 valence electrons. The SMILES string of the molecule is C=CCOC(=O)N1c2cc(OCCCC(=O)Nc3cn(C)c(C(=O)Cc4ccc(-c5cc(C(=O)Nc6ccncc6)n(C)c5)cc4)n3)c(C)cc2C(=O)N2CCCC[C@H]2C1OC1CCCCO1.C=CCOC(=O)N1c2cc(OCCCC(=O)Nc3cn(C)c(C(=O)Cc4ccc(-c5cc(C(=O)O)n(C)c5)cc4)n3)c(C)cc2C(=O)N2CCCC[C@H]2C1OC1CCCCO1. The van der Waals surface area contributed by atoms with Crippen molar-refractivity contribution in [3.8, 4) is 33.8 Å². The van der Waals surface area contributed by atoms with Crippen LogP contribution in [0.15, 0.2) is 160 Å². The van der Waals surface area contributed by atoms with Gasteiger partial charge in [-0.05, 0) is 174 Å². The van der Waals surface area contributed by atoms with Crippen LogP contribution in [0.5, 0.6) is 11.5 Å². The molecule has 128 heavy (non-hydrogen) atoms. The van der Waals surface area contributed by atoms with Gasteiger partial charge < -0.3 is 87.0 Å². The van der Waals surface area contributed by atoms with E-state index in [1.54, 1.807) is 113 Å². The van der Waals surface area contributed by atoms with Crippen LogP contribution in [0, 0.1) is 13.8 Å². The Kier molecular flexibility index (Phi) is 29.7. The number of aromatic nitrogens is 7. The van der Waals surface area contributed by atoms with Crippen molar-refractivity contribution in [1.82, 2.24) is 43.0 Å². The number of carboxylic acid groups (broad SMARTS) is 1. The van der Waals surface area contributed by atoms with Crippen LogP contribution in [0.1, 0.15) is 188 Å². The zero-order valence-electron chi connectivity index (χ0n) is 72.8. The van der Waals surface area contributed by atoms with Gasteiger partial charge in [-0.3, -0.25) is 38.5 Å². The molecule has 0 radical (unpaired) electrons. The molecule has 0 saturated carbocycles. The second kappa shape index (κ2) is 41.8. The van der Waals surface area contributed by atoms with E-state index in [-0.39, 0.29) is 122 Å². The second-order valence-corrected chi connectivity index (χ2v) is 32.7. The number of aromatic carboxylic acids is 1. The van der Waals surface area contributed by atoms with Crippen molar-refractivity contribution in [1.29, 1.82) is 0 Å². The van der Waals surface area contributed by atoms with Crippen molar-refractivity contribution >= 4 is 88.0 Å².